The van der Waals surface area contributed by atoms with Crippen LogP contribution in [-0.4, -0.2) is 86.6 Å². The lowest BCUT2D eigenvalue weighted by Gasteiger charge is -2.46. The Hall–Kier alpha value is -2.12. The Morgan fingerprint density at radius 3 is 2.58 bits per heavy atom. The molecule has 4 atom stereocenters. The zero-order valence-electron chi connectivity index (χ0n) is 20.4. The van der Waals surface area contributed by atoms with E-state index >= 15 is 0 Å². The van der Waals surface area contributed by atoms with Crippen LogP contribution in [0, 0.1) is 11.8 Å². The number of carbonyl (C=O) groups is 2. The SMILES string of the molecule is COCCN(C[C@@H]1CCCN2CCCC[C@H]12)C(=O)C1CC(=O)N(C)C1c1ccc(OC)cc1. The maximum absolute atomic E-state index is 13.9. The number of ether oxygens (including phenoxy) is 2. The van der Waals surface area contributed by atoms with Gasteiger partial charge in [0.1, 0.15) is 5.75 Å². The maximum Gasteiger partial charge on any atom is 0.228 e. The first-order valence-corrected chi connectivity index (χ1v) is 12.4. The molecule has 4 rings (SSSR count). The van der Waals surface area contributed by atoms with Crippen molar-refractivity contribution in [3.05, 3.63) is 29.8 Å². The Morgan fingerprint density at radius 1 is 1.09 bits per heavy atom. The van der Waals surface area contributed by atoms with Gasteiger partial charge in [0, 0.05) is 39.7 Å². The maximum atomic E-state index is 13.9. The van der Waals surface area contributed by atoms with Crippen molar-refractivity contribution in [1.29, 1.82) is 0 Å². The lowest BCUT2D eigenvalue weighted by atomic mass is 9.83. The predicted octanol–water partition coefficient (Wildman–Crippen LogP) is 2.95. The molecule has 7 heteroatoms. The molecule has 0 saturated carbocycles. The van der Waals surface area contributed by atoms with Gasteiger partial charge < -0.3 is 24.2 Å². The number of hydrogen-bond acceptors (Lipinski definition) is 5. The summed E-state index contributed by atoms with van der Waals surface area (Å²) in [6.07, 6.45) is 6.43. The van der Waals surface area contributed by atoms with Gasteiger partial charge in [0.2, 0.25) is 11.8 Å². The first-order chi connectivity index (χ1) is 16.0. The van der Waals surface area contributed by atoms with Crippen molar-refractivity contribution < 1.29 is 19.1 Å². The standard InChI is InChI=1S/C26H39N3O4/c1-27-24(30)17-22(25(27)19-9-11-21(33-3)12-10-19)26(31)29(15-16-32-2)18-20-7-6-14-28-13-5-4-8-23(20)28/h9-12,20,22-23,25H,4-8,13-18H2,1-3H3/t20-,22?,23+,25?/m0/s1. The fraction of sp³-hybridized carbons (Fsp3) is 0.692. The number of rotatable bonds is 8. The van der Waals surface area contributed by atoms with Crippen molar-refractivity contribution in [2.45, 2.75) is 50.6 Å². The second kappa shape index (κ2) is 10.9. The van der Waals surface area contributed by atoms with Gasteiger partial charge in [-0.15, -0.1) is 0 Å². The van der Waals surface area contributed by atoms with Crippen LogP contribution in [0.25, 0.3) is 0 Å². The Bertz CT molecular complexity index is 812. The average molecular weight is 458 g/mol. The molecule has 1 aromatic carbocycles. The lowest BCUT2D eigenvalue weighted by molar-refractivity contribution is -0.138. The van der Waals surface area contributed by atoms with Crippen molar-refractivity contribution in [3.8, 4) is 5.75 Å². The zero-order valence-corrected chi connectivity index (χ0v) is 20.4. The number of hydrogen-bond donors (Lipinski definition) is 0. The predicted molar refractivity (Wildman–Crippen MR) is 127 cm³/mol. The molecule has 3 aliphatic heterocycles. The van der Waals surface area contributed by atoms with E-state index < -0.39 is 0 Å². The van der Waals surface area contributed by atoms with E-state index in [9.17, 15) is 9.59 Å². The molecule has 3 saturated heterocycles. The smallest absolute Gasteiger partial charge is 0.228 e. The van der Waals surface area contributed by atoms with Crippen molar-refractivity contribution in [1.82, 2.24) is 14.7 Å². The topological polar surface area (TPSA) is 62.3 Å². The van der Waals surface area contributed by atoms with E-state index in [2.05, 4.69) is 4.90 Å². The van der Waals surface area contributed by atoms with Gasteiger partial charge in [0.25, 0.3) is 0 Å². The highest BCUT2D eigenvalue weighted by atomic mass is 16.5. The Kier molecular flexibility index (Phi) is 7.91. The van der Waals surface area contributed by atoms with Crippen LogP contribution in [0.2, 0.25) is 0 Å². The highest BCUT2D eigenvalue weighted by Crippen LogP contribution is 2.39. The van der Waals surface area contributed by atoms with Gasteiger partial charge in [-0.3, -0.25) is 9.59 Å². The summed E-state index contributed by atoms with van der Waals surface area (Å²) >= 11 is 0. The van der Waals surface area contributed by atoms with Gasteiger partial charge >= 0.3 is 0 Å². The van der Waals surface area contributed by atoms with Crippen LogP contribution in [-0.2, 0) is 14.3 Å². The fourth-order valence-corrected chi connectivity index (χ4v) is 6.15. The molecule has 3 fully saturated rings. The summed E-state index contributed by atoms with van der Waals surface area (Å²) in [7, 11) is 5.13. The van der Waals surface area contributed by atoms with Crippen LogP contribution in [0.1, 0.15) is 50.1 Å². The second-order valence-electron chi connectivity index (χ2n) is 9.81. The van der Waals surface area contributed by atoms with E-state index in [4.69, 9.17) is 9.47 Å². The molecule has 1 aromatic rings. The van der Waals surface area contributed by atoms with E-state index in [1.54, 1.807) is 19.1 Å². The summed E-state index contributed by atoms with van der Waals surface area (Å²) in [5.74, 6) is 0.994. The van der Waals surface area contributed by atoms with Crippen LogP contribution in [0.3, 0.4) is 0 Å². The molecule has 7 nitrogen and oxygen atoms in total. The molecule has 0 aromatic heterocycles. The van der Waals surface area contributed by atoms with E-state index in [-0.39, 0.29) is 30.2 Å². The monoisotopic (exact) mass is 457 g/mol. The number of likely N-dealkylation sites (tertiary alicyclic amines) is 1. The molecular weight excluding hydrogens is 418 g/mol. The van der Waals surface area contributed by atoms with E-state index in [1.165, 1.54) is 45.2 Å². The Balaban J connectivity index is 1.54. The summed E-state index contributed by atoms with van der Waals surface area (Å²) in [5, 5.41) is 0. The first-order valence-electron chi connectivity index (χ1n) is 12.4. The second-order valence-corrected chi connectivity index (χ2v) is 9.81. The number of methoxy groups -OCH3 is 2. The molecule has 2 unspecified atom stereocenters. The van der Waals surface area contributed by atoms with Crippen LogP contribution in [0.5, 0.6) is 5.75 Å². The number of carbonyl (C=O) groups excluding carboxylic acids is 2. The van der Waals surface area contributed by atoms with Gasteiger partial charge in [0.15, 0.2) is 0 Å². The quantitative estimate of drug-likeness (QED) is 0.601. The molecule has 0 spiro atoms. The third kappa shape index (κ3) is 5.19. The van der Waals surface area contributed by atoms with Gasteiger partial charge in [-0.25, -0.2) is 0 Å². The minimum Gasteiger partial charge on any atom is -0.497 e. The largest absolute Gasteiger partial charge is 0.497 e. The van der Waals surface area contributed by atoms with Gasteiger partial charge in [-0.05, 0) is 62.4 Å². The van der Waals surface area contributed by atoms with E-state index in [0.717, 1.165) is 17.9 Å². The molecule has 2 amide bonds. The Morgan fingerprint density at radius 2 is 1.85 bits per heavy atom. The number of fused-ring (bicyclic) bond motifs is 1. The van der Waals surface area contributed by atoms with E-state index in [1.807, 2.05) is 36.2 Å². The Labute approximate surface area is 198 Å². The number of benzene rings is 1. The van der Waals surface area contributed by atoms with E-state index in [0.29, 0.717) is 25.1 Å². The number of piperidine rings is 2. The molecule has 3 aliphatic rings. The molecule has 0 radical (unpaired) electrons. The molecule has 0 bridgehead atoms. The average Bonchev–Trinajstić information content (AvgIpc) is 3.15. The summed E-state index contributed by atoms with van der Waals surface area (Å²) in [5.41, 5.74) is 0.977. The van der Waals surface area contributed by atoms with Crippen molar-refractivity contribution in [2.24, 2.45) is 11.8 Å². The minimum absolute atomic E-state index is 0.0250. The normalized spacial score (nSPS) is 28.0. The molecule has 3 heterocycles. The van der Waals surface area contributed by atoms with Crippen molar-refractivity contribution in [2.75, 3.05) is 54.1 Å². The third-order valence-corrected chi connectivity index (χ3v) is 7.92. The van der Waals surface area contributed by atoms with Crippen molar-refractivity contribution in [3.63, 3.8) is 0 Å². The number of nitrogens with zero attached hydrogens (tertiary/aromatic N) is 3. The summed E-state index contributed by atoms with van der Waals surface area (Å²) in [6.45, 7) is 4.22. The molecule has 0 aliphatic carbocycles. The molecule has 33 heavy (non-hydrogen) atoms. The highest BCUT2D eigenvalue weighted by molar-refractivity contribution is 5.90. The van der Waals surface area contributed by atoms with Gasteiger partial charge in [-0.1, -0.05) is 18.6 Å². The third-order valence-electron chi connectivity index (χ3n) is 7.92. The van der Waals surface area contributed by atoms with Crippen LogP contribution < -0.4 is 4.74 Å². The summed E-state index contributed by atoms with van der Waals surface area (Å²) < 4.78 is 10.7. The zero-order chi connectivity index (χ0) is 23.4. The van der Waals surface area contributed by atoms with Crippen molar-refractivity contribution >= 4 is 11.8 Å². The fourth-order valence-electron chi connectivity index (χ4n) is 6.15. The molecule has 182 valence electrons. The molecule has 0 N–H and O–H groups in total. The minimum atomic E-state index is -0.376. The number of amides is 2. The molecular formula is C26H39N3O4. The van der Waals surface area contributed by atoms with Gasteiger partial charge in [-0.2, -0.15) is 0 Å². The highest BCUT2D eigenvalue weighted by Gasteiger charge is 2.45. The summed E-state index contributed by atoms with van der Waals surface area (Å²) in [6, 6.07) is 8.07. The van der Waals surface area contributed by atoms with Crippen LogP contribution in [0.15, 0.2) is 24.3 Å². The van der Waals surface area contributed by atoms with Crippen LogP contribution >= 0.6 is 0 Å². The lowest BCUT2D eigenvalue weighted by Crippen LogP contribution is -2.52. The summed E-state index contributed by atoms with van der Waals surface area (Å²) in [4.78, 5) is 33.0. The van der Waals surface area contributed by atoms with Gasteiger partial charge in [0.05, 0.1) is 25.7 Å². The first kappa shape index (κ1) is 24.0. The van der Waals surface area contributed by atoms with Crippen LogP contribution in [0.4, 0.5) is 0 Å².